The van der Waals surface area contributed by atoms with Gasteiger partial charge in [-0.25, -0.2) is 0 Å². The Balaban J connectivity index is 2.49. The molecule has 1 aromatic rings. The lowest BCUT2D eigenvalue weighted by molar-refractivity contribution is 0.619. The highest BCUT2D eigenvalue weighted by Crippen LogP contribution is 2.08. The van der Waals surface area contributed by atoms with E-state index < -0.39 is 10.8 Å². The zero-order valence-corrected chi connectivity index (χ0v) is 10.8. The predicted octanol–water partition coefficient (Wildman–Crippen LogP) is 1.84. The Morgan fingerprint density at radius 3 is 2.88 bits per heavy atom. The van der Waals surface area contributed by atoms with Crippen molar-refractivity contribution in [3.05, 3.63) is 29.6 Å². The fraction of sp³-hybridized carbons (Fsp3) is 0.583. The fourth-order valence-corrected chi connectivity index (χ4v) is 2.78. The van der Waals surface area contributed by atoms with Gasteiger partial charge >= 0.3 is 0 Å². The zero-order valence-electron chi connectivity index (χ0n) is 9.98. The summed E-state index contributed by atoms with van der Waals surface area (Å²) < 4.78 is 11.8. The van der Waals surface area contributed by atoms with Crippen LogP contribution < -0.4 is 5.73 Å². The van der Waals surface area contributed by atoms with Crippen LogP contribution in [-0.4, -0.2) is 14.9 Å². The van der Waals surface area contributed by atoms with Crippen molar-refractivity contribution in [3.8, 4) is 0 Å². The van der Waals surface area contributed by atoms with Crippen LogP contribution in [0.5, 0.6) is 0 Å². The average Bonchev–Trinajstić information content (AvgIpc) is 2.26. The molecule has 0 bridgehead atoms. The highest BCUT2D eigenvalue weighted by Gasteiger charge is 2.04. The van der Waals surface area contributed by atoms with E-state index in [4.69, 9.17) is 5.73 Å². The molecule has 2 N–H and O–H groups in total. The summed E-state index contributed by atoms with van der Waals surface area (Å²) >= 11 is 0. The van der Waals surface area contributed by atoms with Gasteiger partial charge in [0.1, 0.15) is 0 Å². The summed E-state index contributed by atoms with van der Waals surface area (Å²) in [5.41, 5.74) is 7.44. The Labute approximate surface area is 99.9 Å². The number of nitrogens with zero attached hydrogens (tertiary/aromatic N) is 1. The second-order valence-corrected chi connectivity index (χ2v) is 5.91. The number of rotatable bonds is 6. The maximum atomic E-state index is 11.8. The van der Waals surface area contributed by atoms with Gasteiger partial charge in [0, 0.05) is 35.0 Å². The molecule has 90 valence electrons. The summed E-state index contributed by atoms with van der Waals surface area (Å²) in [5, 5.41) is 0. The molecule has 16 heavy (non-hydrogen) atoms. The van der Waals surface area contributed by atoms with Crippen molar-refractivity contribution in [1.29, 1.82) is 0 Å². The van der Waals surface area contributed by atoms with Crippen LogP contribution in [0.2, 0.25) is 0 Å². The van der Waals surface area contributed by atoms with Crippen LogP contribution in [-0.2, 0) is 23.1 Å². The minimum absolute atomic E-state index is 0.437. The summed E-state index contributed by atoms with van der Waals surface area (Å²) in [4.78, 5) is 4.12. The molecule has 0 saturated heterocycles. The molecule has 1 aromatic heterocycles. The molecule has 0 amide bonds. The first kappa shape index (κ1) is 13.3. The molecular formula is C12H20N2OS. The van der Waals surface area contributed by atoms with Crippen LogP contribution in [0.1, 0.15) is 31.5 Å². The molecular weight excluding hydrogens is 220 g/mol. The van der Waals surface area contributed by atoms with Gasteiger partial charge in [-0.3, -0.25) is 9.19 Å². The standard InChI is InChI=1S/C12H20N2OS/c1-10(2)4-6-16(15)9-11-3-5-14-12(7-11)8-13/h3,5,7,10H,4,6,8-9,13H2,1-2H3. The zero-order chi connectivity index (χ0) is 12.0. The molecule has 1 heterocycles. The molecule has 0 fully saturated rings. The molecule has 0 spiro atoms. The first-order valence-corrected chi connectivity index (χ1v) is 7.09. The number of hydrogen-bond donors (Lipinski definition) is 1. The maximum absolute atomic E-state index is 11.8. The summed E-state index contributed by atoms with van der Waals surface area (Å²) in [6, 6.07) is 3.85. The lowest BCUT2D eigenvalue weighted by Gasteiger charge is -2.05. The fourth-order valence-electron chi connectivity index (χ4n) is 1.35. The lowest BCUT2D eigenvalue weighted by Crippen LogP contribution is -2.05. The first-order chi connectivity index (χ1) is 7.61. The molecule has 0 aromatic carbocycles. The van der Waals surface area contributed by atoms with E-state index in [1.165, 1.54) is 0 Å². The van der Waals surface area contributed by atoms with Crippen molar-refractivity contribution in [2.75, 3.05) is 5.75 Å². The molecule has 0 aliphatic rings. The molecule has 1 rings (SSSR count). The Morgan fingerprint density at radius 1 is 1.50 bits per heavy atom. The van der Waals surface area contributed by atoms with Crippen LogP contribution in [0.15, 0.2) is 18.3 Å². The van der Waals surface area contributed by atoms with Gasteiger partial charge in [-0.2, -0.15) is 0 Å². The highest BCUT2D eigenvalue weighted by molar-refractivity contribution is 7.84. The van der Waals surface area contributed by atoms with Gasteiger partial charge in [0.15, 0.2) is 0 Å². The molecule has 0 aliphatic carbocycles. The van der Waals surface area contributed by atoms with E-state index >= 15 is 0 Å². The third-order valence-corrected chi connectivity index (χ3v) is 3.69. The Hall–Kier alpha value is -0.740. The second-order valence-electron chi connectivity index (χ2n) is 4.33. The van der Waals surface area contributed by atoms with E-state index in [2.05, 4.69) is 18.8 Å². The van der Waals surface area contributed by atoms with Crippen molar-refractivity contribution < 1.29 is 4.21 Å². The molecule has 0 radical (unpaired) electrons. The molecule has 0 saturated carbocycles. The number of nitrogens with two attached hydrogens (primary N) is 1. The van der Waals surface area contributed by atoms with E-state index in [9.17, 15) is 4.21 Å². The van der Waals surface area contributed by atoms with Crippen molar-refractivity contribution >= 4 is 10.8 Å². The molecule has 3 nitrogen and oxygen atoms in total. The number of pyridine rings is 1. The molecule has 0 aliphatic heterocycles. The van der Waals surface area contributed by atoms with Gasteiger partial charge in [-0.05, 0) is 30.0 Å². The van der Waals surface area contributed by atoms with Gasteiger partial charge in [0.05, 0.1) is 5.69 Å². The molecule has 1 unspecified atom stereocenters. The van der Waals surface area contributed by atoms with Crippen molar-refractivity contribution in [2.45, 2.75) is 32.6 Å². The topological polar surface area (TPSA) is 56.0 Å². The Morgan fingerprint density at radius 2 is 2.25 bits per heavy atom. The van der Waals surface area contributed by atoms with Crippen LogP contribution in [0.25, 0.3) is 0 Å². The minimum atomic E-state index is -0.770. The van der Waals surface area contributed by atoms with Gasteiger partial charge in [-0.15, -0.1) is 0 Å². The monoisotopic (exact) mass is 240 g/mol. The smallest absolute Gasteiger partial charge is 0.0542 e. The van der Waals surface area contributed by atoms with Crippen molar-refractivity contribution in [1.82, 2.24) is 4.98 Å². The third kappa shape index (κ3) is 4.86. The van der Waals surface area contributed by atoms with Crippen molar-refractivity contribution in [2.24, 2.45) is 11.7 Å². The largest absolute Gasteiger partial charge is 0.325 e. The van der Waals surface area contributed by atoms with Crippen LogP contribution in [0.4, 0.5) is 0 Å². The SMILES string of the molecule is CC(C)CCS(=O)Cc1ccnc(CN)c1. The lowest BCUT2D eigenvalue weighted by atomic mass is 10.2. The van der Waals surface area contributed by atoms with E-state index in [-0.39, 0.29) is 0 Å². The van der Waals surface area contributed by atoms with Crippen molar-refractivity contribution in [3.63, 3.8) is 0 Å². The van der Waals surface area contributed by atoms with Gasteiger partial charge in [0.25, 0.3) is 0 Å². The van der Waals surface area contributed by atoms with Crippen LogP contribution in [0.3, 0.4) is 0 Å². The summed E-state index contributed by atoms with van der Waals surface area (Å²) in [6.07, 6.45) is 2.75. The summed E-state index contributed by atoms with van der Waals surface area (Å²) in [6.45, 7) is 4.73. The van der Waals surface area contributed by atoms with Gasteiger partial charge < -0.3 is 5.73 Å². The van der Waals surface area contributed by atoms with E-state index in [1.807, 2.05) is 12.1 Å². The first-order valence-electron chi connectivity index (χ1n) is 5.60. The quantitative estimate of drug-likeness (QED) is 0.825. The van der Waals surface area contributed by atoms with E-state index in [1.54, 1.807) is 6.20 Å². The van der Waals surface area contributed by atoms with Crippen LogP contribution in [0, 0.1) is 5.92 Å². The summed E-state index contributed by atoms with van der Waals surface area (Å²) in [7, 11) is -0.770. The summed E-state index contributed by atoms with van der Waals surface area (Å²) in [5.74, 6) is 2.00. The normalized spacial score (nSPS) is 13.0. The van der Waals surface area contributed by atoms with Gasteiger partial charge in [-0.1, -0.05) is 13.8 Å². The Bertz CT molecular complexity index is 353. The molecule has 1 atom stereocenters. The highest BCUT2D eigenvalue weighted by atomic mass is 32.2. The minimum Gasteiger partial charge on any atom is -0.325 e. The number of hydrogen-bond acceptors (Lipinski definition) is 3. The predicted molar refractivity (Wildman–Crippen MR) is 68.3 cm³/mol. The number of aromatic nitrogens is 1. The van der Waals surface area contributed by atoms with E-state index in [0.29, 0.717) is 18.2 Å². The Kier molecular flexibility index (Phi) is 5.63. The van der Waals surface area contributed by atoms with Crippen LogP contribution >= 0.6 is 0 Å². The second kappa shape index (κ2) is 6.76. The maximum Gasteiger partial charge on any atom is 0.0542 e. The van der Waals surface area contributed by atoms with Gasteiger partial charge in [0.2, 0.25) is 0 Å². The molecule has 4 heteroatoms. The van der Waals surface area contributed by atoms with E-state index in [0.717, 1.165) is 23.4 Å². The third-order valence-electron chi connectivity index (χ3n) is 2.34. The average molecular weight is 240 g/mol.